The molecule has 0 aliphatic heterocycles. The van der Waals surface area contributed by atoms with E-state index in [0.717, 1.165) is 11.3 Å². The summed E-state index contributed by atoms with van der Waals surface area (Å²) < 4.78 is 1.84. The van der Waals surface area contributed by atoms with Gasteiger partial charge in [-0.25, -0.2) is 14.6 Å². The van der Waals surface area contributed by atoms with Gasteiger partial charge in [-0.05, 0) is 17.7 Å². The van der Waals surface area contributed by atoms with Crippen LogP contribution in [0.25, 0.3) is 5.69 Å². The molecule has 0 aliphatic carbocycles. The number of nitrogens with one attached hydrogen (secondary N) is 1. The van der Waals surface area contributed by atoms with Crippen molar-refractivity contribution in [2.75, 3.05) is 11.1 Å². The molecule has 0 bridgehead atoms. The Kier molecular flexibility index (Phi) is 3.28. The van der Waals surface area contributed by atoms with E-state index in [0.29, 0.717) is 18.2 Å². The molecule has 6 heteroatoms. The topological polar surface area (TPSA) is 81.6 Å². The van der Waals surface area contributed by atoms with E-state index in [1.165, 1.54) is 6.20 Å². The average molecular weight is 266 g/mol. The fraction of sp³-hybridized carbons (Fsp3) is 0.0714. The van der Waals surface area contributed by atoms with E-state index in [2.05, 4.69) is 26.4 Å². The monoisotopic (exact) mass is 266 g/mol. The fourth-order valence-corrected chi connectivity index (χ4v) is 1.91. The van der Waals surface area contributed by atoms with Gasteiger partial charge in [-0.3, -0.25) is 0 Å². The second-order valence-electron chi connectivity index (χ2n) is 4.26. The van der Waals surface area contributed by atoms with Crippen LogP contribution in [0.15, 0.2) is 55.1 Å². The molecular weight excluding hydrogens is 252 g/mol. The van der Waals surface area contributed by atoms with Crippen molar-refractivity contribution in [3.8, 4) is 5.69 Å². The first kappa shape index (κ1) is 12.2. The van der Waals surface area contributed by atoms with Gasteiger partial charge in [0.15, 0.2) is 0 Å². The molecule has 3 rings (SSSR count). The SMILES string of the molecule is Nc1cnc(NCc2ccccc2-n2cccn2)cn1. The quantitative estimate of drug-likeness (QED) is 0.753. The molecule has 3 N–H and O–H groups in total. The van der Waals surface area contributed by atoms with E-state index in [4.69, 9.17) is 5.73 Å². The molecule has 0 aliphatic rings. The molecule has 20 heavy (non-hydrogen) atoms. The minimum Gasteiger partial charge on any atom is -0.382 e. The smallest absolute Gasteiger partial charge is 0.144 e. The first-order valence-corrected chi connectivity index (χ1v) is 6.22. The number of benzene rings is 1. The Bertz CT molecular complexity index is 675. The molecule has 0 saturated heterocycles. The molecule has 0 saturated carbocycles. The van der Waals surface area contributed by atoms with Gasteiger partial charge in [-0.15, -0.1) is 0 Å². The number of aromatic nitrogens is 4. The molecule has 0 spiro atoms. The summed E-state index contributed by atoms with van der Waals surface area (Å²) in [6.07, 6.45) is 6.82. The number of anilines is 2. The lowest BCUT2D eigenvalue weighted by Gasteiger charge is -2.10. The first-order chi connectivity index (χ1) is 9.83. The lowest BCUT2D eigenvalue weighted by Crippen LogP contribution is -2.07. The highest BCUT2D eigenvalue weighted by atomic mass is 15.3. The van der Waals surface area contributed by atoms with Crippen molar-refractivity contribution >= 4 is 11.6 Å². The maximum absolute atomic E-state index is 5.51. The number of nitrogen functional groups attached to an aromatic ring is 1. The number of rotatable bonds is 4. The van der Waals surface area contributed by atoms with Crippen molar-refractivity contribution in [3.63, 3.8) is 0 Å². The highest BCUT2D eigenvalue weighted by Crippen LogP contribution is 2.15. The lowest BCUT2D eigenvalue weighted by atomic mass is 10.2. The highest BCUT2D eigenvalue weighted by molar-refractivity contribution is 5.44. The van der Waals surface area contributed by atoms with Gasteiger partial charge in [0.1, 0.15) is 11.6 Å². The van der Waals surface area contributed by atoms with Gasteiger partial charge in [0.2, 0.25) is 0 Å². The van der Waals surface area contributed by atoms with E-state index in [1.807, 2.05) is 35.1 Å². The van der Waals surface area contributed by atoms with Gasteiger partial charge in [0.05, 0.1) is 18.1 Å². The summed E-state index contributed by atoms with van der Waals surface area (Å²) >= 11 is 0. The molecule has 2 aromatic heterocycles. The minimum absolute atomic E-state index is 0.410. The summed E-state index contributed by atoms with van der Waals surface area (Å²) in [6.45, 7) is 0.634. The van der Waals surface area contributed by atoms with Gasteiger partial charge >= 0.3 is 0 Å². The van der Waals surface area contributed by atoms with Gasteiger partial charge in [-0.2, -0.15) is 5.10 Å². The zero-order chi connectivity index (χ0) is 13.8. The van der Waals surface area contributed by atoms with E-state index in [9.17, 15) is 0 Å². The third kappa shape index (κ3) is 2.59. The molecule has 0 amide bonds. The minimum atomic E-state index is 0.410. The summed E-state index contributed by atoms with van der Waals surface area (Å²) in [4.78, 5) is 8.16. The number of nitrogens with two attached hydrogens (primary N) is 1. The standard InChI is InChI=1S/C14H14N6/c15-13-9-18-14(10-16-13)17-8-11-4-1-2-5-12(11)20-7-3-6-19-20/h1-7,9-10H,8H2,(H2,15,16)(H,17,18). The van der Waals surface area contributed by atoms with E-state index < -0.39 is 0 Å². The first-order valence-electron chi connectivity index (χ1n) is 6.22. The maximum atomic E-state index is 5.51. The van der Waals surface area contributed by atoms with Crippen molar-refractivity contribution < 1.29 is 0 Å². The second-order valence-corrected chi connectivity index (χ2v) is 4.26. The molecule has 100 valence electrons. The van der Waals surface area contributed by atoms with Crippen molar-refractivity contribution in [1.29, 1.82) is 0 Å². The average Bonchev–Trinajstić information content (AvgIpc) is 3.01. The van der Waals surface area contributed by atoms with Crippen LogP contribution in [0.5, 0.6) is 0 Å². The normalized spacial score (nSPS) is 10.4. The van der Waals surface area contributed by atoms with E-state index in [1.54, 1.807) is 12.4 Å². The fourth-order valence-electron chi connectivity index (χ4n) is 1.91. The molecule has 0 radical (unpaired) electrons. The van der Waals surface area contributed by atoms with Crippen LogP contribution in [0, 0.1) is 0 Å². The Balaban J connectivity index is 1.79. The zero-order valence-corrected chi connectivity index (χ0v) is 10.8. The molecular formula is C14H14N6. The summed E-state index contributed by atoms with van der Waals surface area (Å²) in [6, 6.07) is 9.96. The predicted octanol–water partition coefficient (Wildman–Crippen LogP) is 1.86. The summed E-state index contributed by atoms with van der Waals surface area (Å²) in [5, 5.41) is 7.48. The van der Waals surface area contributed by atoms with Crippen molar-refractivity contribution in [1.82, 2.24) is 19.7 Å². The largest absolute Gasteiger partial charge is 0.382 e. The van der Waals surface area contributed by atoms with Crippen LogP contribution in [0.1, 0.15) is 5.56 Å². The van der Waals surface area contributed by atoms with Crippen LogP contribution in [0.4, 0.5) is 11.6 Å². The molecule has 6 nitrogen and oxygen atoms in total. The van der Waals surface area contributed by atoms with Crippen LogP contribution in [-0.2, 0) is 6.54 Å². The van der Waals surface area contributed by atoms with Crippen LogP contribution in [0.2, 0.25) is 0 Å². The Hall–Kier alpha value is -2.89. The Morgan fingerprint density at radius 2 is 2.00 bits per heavy atom. The Morgan fingerprint density at radius 1 is 1.10 bits per heavy atom. The van der Waals surface area contributed by atoms with Crippen molar-refractivity contribution in [3.05, 3.63) is 60.7 Å². The van der Waals surface area contributed by atoms with Crippen LogP contribution < -0.4 is 11.1 Å². The van der Waals surface area contributed by atoms with Crippen LogP contribution >= 0.6 is 0 Å². The van der Waals surface area contributed by atoms with Gasteiger partial charge in [-0.1, -0.05) is 18.2 Å². The Labute approximate surface area is 116 Å². The highest BCUT2D eigenvalue weighted by Gasteiger charge is 2.04. The molecule has 0 atom stereocenters. The summed E-state index contributed by atoms with van der Waals surface area (Å²) in [5.41, 5.74) is 7.67. The number of hydrogen-bond donors (Lipinski definition) is 2. The van der Waals surface area contributed by atoms with Crippen molar-refractivity contribution in [2.24, 2.45) is 0 Å². The van der Waals surface area contributed by atoms with Gasteiger partial charge in [0.25, 0.3) is 0 Å². The van der Waals surface area contributed by atoms with Crippen LogP contribution in [-0.4, -0.2) is 19.7 Å². The summed E-state index contributed by atoms with van der Waals surface area (Å²) in [7, 11) is 0. The second kappa shape index (κ2) is 5.40. The van der Waals surface area contributed by atoms with E-state index in [-0.39, 0.29) is 0 Å². The number of hydrogen-bond acceptors (Lipinski definition) is 5. The van der Waals surface area contributed by atoms with Gasteiger partial charge in [0, 0.05) is 18.9 Å². The Morgan fingerprint density at radius 3 is 2.75 bits per heavy atom. The molecule has 3 aromatic rings. The molecule has 0 fully saturated rings. The van der Waals surface area contributed by atoms with E-state index >= 15 is 0 Å². The predicted molar refractivity (Wildman–Crippen MR) is 77.3 cm³/mol. The molecule has 2 heterocycles. The third-order valence-corrected chi connectivity index (χ3v) is 2.87. The molecule has 0 unspecified atom stereocenters. The zero-order valence-electron chi connectivity index (χ0n) is 10.8. The molecule has 1 aromatic carbocycles. The third-order valence-electron chi connectivity index (χ3n) is 2.87. The maximum Gasteiger partial charge on any atom is 0.144 e. The van der Waals surface area contributed by atoms with Gasteiger partial charge < -0.3 is 11.1 Å². The lowest BCUT2D eigenvalue weighted by molar-refractivity contribution is 0.863. The summed E-state index contributed by atoms with van der Waals surface area (Å²) in [5.74, 6) is 1.10. The number of para-hydroxylation sites is 1. The van der Waals surface area contributed by atoms with Crippen molar-refractivity contribution in [2.45, 2.75) is 6.54 Å². The van der Waals surface area contributed by atoms with Crippen LogP contribution in [0.3, 0.4) is 0 Å². The number of nitrogens with zero attached hydrogens (tertiary/aromatic N) is 4.